The van der Waals surface area contributed by atoms with Crippen LogP contribution < -0.4 is 40.1 Å². The summed E-state index contributed by atoms with van der Waals surface area (Å²) in [6.45, 7) is 19.6. The fraction of sp³-hybridized carbons (Fsp3) is 0.805. The molecule has 0 bridgehead atoms. The van der Waals surface area contributed by atoms with E-state index in [0.717, 1.165) is 25.7 Å². The van der Waals surface area contributed by atoms with Gasteiger partial charge in [-0.2, -0.15) is 0 Å². The molecule has 0 rings (SSSR count). The Morgan fingerprint density at radius 2 is 0.900 bits per heavy atom. The Balaban J connectivity index is -0.000000320. The van der Waals surface area contributed by atoms with Crippen LogP contribution >= 0.6 is 0 Å². The molecule has 18 nitrogen and oxygen atoms in total. The van der Waals surface area contributed by atoms with E-state index in [4.69, 9.17) is 14.6 Å². The number of alkyl carbamates (subject to hydrolysis) is 2. The summed E-state index contributed by atoms with van der Waals surface area (Å²) < 4.78 is 14.8. The average Bonchev–Trinajstić information content (AvgIpc) is 3.06. The van der Waals surface area contributed by atoms with Crippen molar-refractivity contribution in [3.05, 3.63) is 0 Å². The molecular formula is C41H77LiN4O14. The first-order chi connectivity index (χ1) is 26.3. The van der Waals surface area contributed by atoms with E-state index in [-0.39, 0.29) is 97.1 Å². The van der Waals surface area contributed by atoms with Gasteiger partial charge in [0.25, 0.3) is 0 Å². The summed E-state index contributed by atoms with van der Waals surface area (Å²) >= 11 is 0. The van der Waals surface area contributed by atoms with Crippen molar-refractivity contribution in [3.8, 4) is 0 Å². The molecule has 0 aromatic rings. The third-order valence-corrected chi connectivity index (χ3v) is 7.75. The van der Waals surface area contributed by atoms with Crippen LogP contribution in [-0.4, -0.2) is 107 Å². The van der Waals surface area contributed by atoms with E-state index in [9.17, 15) is 38.4 Å². The number of hydrogen-bond acceptors (Lipinski definition) is 12. The summed E-state index contributed by atoms with van der Waals surface area (Å²) in [5.74, 6) is -1.81. The SMILES string of the molecule is CC(C)C[C@H](NC(=O)CCCCCNC(=O)OC(C)(C)C)C(=O)CCC(=O)O.COC(=O)CCC(=O)[C@H](CC(C)C)NC(=O)CCCCCNC(=O)OC(C)(C)C.O.[Li+].[OH-]. The molecule has 0 fully saturated rings. The number of carbonyl (C=O) groups is 8. The van der Waals surface area contributed by atoms with Crippen LogP contribution in [0.15, 0.2) is 0 Å². The molecule has 0 heterocycles. The zero-order valence-electron chi connectivity index (χ0n) is 38.5. The number of unbranched alkanes of at least 4 members (excludes halogenated alkanes) is 4. The third-order valence-electron chi connectivity index (χ3n) is 7.75. The van der Waals surface area contributed by atoms with Crippen LogP contribution in [0.25, 0.3) is 0 Å². The van der Waals surface area contributed by atoms with E-state index >= 15 is 0 Å². The molecule has 0 radical (unpaired) electrons. The number of carboxylic acids is 1. The van der Waals surface area contributed by atoms with Crippen LogP contribution in [0.5, 0.6) is 0 Å². The molecule has 0 unspecified atom stereocenters. The van der Waals surface area contributed by atoms with Gasteiger partial charge < -0.3 is 51.5 Å². The molecule has 0 saturated heterocycles. The van der Waals surface area contributed by atoms with Crippen LogP contribution in [0.2, 0.25) is 0 Å². The number of methoxy groups -OCH3 is 1. The first-order valence-corrected chi connectivity index (χ1v) is 20.2. The minimum atomic E-state index is -1.03. The van der Waals surface area contributed by atoms with Crippen molar-refractivity contribution in [2.24, 2.45) is 11.8 Å². The summed E-state index contributed by atoms with van der Waals surface area (Å²) in [5, 5.41) is 19.6. The van der Waals surface area contributed by atoms with Gasteiger partial charge in [-0.1, -0.05) is 40.5 Å². The molecule has 0 aromatic heterocycles. The number of nitrogens with one attached hydrogen (secondary N) is 4. The Morgan fingerprint density at radius 3 is 1.20 bits per heavy atom. The number of rotatable bonds is 26. The zero-order valence-corrected chi connectivity index (χ0v) is 38.5. The van der Waals surface area contributed by atoms with Crippen LogP contribution in [0.4, 0.5) is 9.59 Å². The molecule has 0 aliphatic rings. The maximum atomic E-state index is 12.3. The summed E-state index contributed by atoms with van der Waals surface area (Å²) in [5.41, 5.74) is -1.06. The van der Waals surface area contributed by atoms with Crippen molar-refractivity contribution < 1.29 is 87.5 Å². The topological polar surface area (TPSA) is 294 Å². The first kappa shape index (κ1) is 65.4. The smallest absolute Gasteiger partial charge is 0.870 e. The Labute approximate surface area is 369 Å². The average molecular weight is 857 g/mol. The van der Waals surface area contributed by atoms with E-state index < -0.39 is 47.4 Å². The molecule has 0 aliphatic carbocycles. The van der Waals surface area contributed by atoms with Gasteiger partial charge in [-0.15, -0.1) is 0 Å². The van der Waals surface area contributed by atoms with Gasteiger partial charge in [0.05, 0.1) is 32.0 Å². The van der Waals surface area contributed by atoms with Crippen molar-refractivity contribution in [2.45, 2.75) is 182 Å². The van der Waals surface area contributed by atoms with Crippen molar-refractivity contribution in [2.75, 3.05) is 20.2 Å². The minimum Gasteiger partial charge on any atom is -0.870 e. The second-order valence-corrected chi connectivity index (χ2v) is 16.9. The predicted octanol–water partition coefficient (Wildman–Crippen LogP) is 2.16. The summed E-state index contributed by atoms with van der Waals surface area (Å²) in [4.78, 5) is 93.7. The second-order valence-electron chi connectivity index (χ2n) is 16.9. The molecule has 4 amide bonds. The van der Waals surface area contributed by atoms with Crippen LogP contribution in [-0.2, 0) is 43.0 Å². The number of ketones is 2. The standard InChI is InChI=1S/C21H38N2O6.C20H36N2O6.Li.2H2O/c1-15(2)14-16(17(24)11-12-19(26)28-6)23-18(25)10-8-7-9-13-22-20(27)29-21(3,4)5;1-14(2)13-15(16(23)10-11-18(25)26)22-17(24)9-7-6-8-12-21-19(27)28-20(3,4)5;;;/h15-16H,7-14H2,1-6H3,(H,22,27)(H,23,25);14-15H,6-13H2,1-5H3,(H,21,27)(H,22,24)(H,25,26);;2*1H2/q;;+1;;/p-1/t16-;15-;;;/m00.../s1. The van der Waals surface area contributed by atoms with E-state index in [1.165, 1.54) is 7.11 Å². The normalized spacial score (nSPS) is 11.7. The monoisotopic (exact) mass is 857 g/mol. The third kappa shape index (κ3) is 42.4. The van der Waals surface area contributed by atoms with E-state index in [1.54, 1.807) is 41.5 Å². The summed E-state index contributed by atoms with van der Waals surface area (Å²) in [7, 11) is 1.28. The van der Waals surface area contributed by atoms with E-state index in [0.29, 0.717) is 45.2 Å². The first-order valence-electron chi connectivity index (χ1n) is 20.2. The molecule has 346 valence electrons. The predicted molar refractivity (Wildman–Crippen MR) is 222 cm³/mol. The number of aliphatic carboxylic acids is 1. The molecule has 60 heavy (non-hydrogen) atoms. The summed E-state index contributed by atoms with van der Waals surface area (Å²) in [6.07, 6.45) is 4.76. The van der Waals surface area contributed by atoms with Crippen molar-refractivity contribution in [3.63, 3.8) is 0 Å². The van der Waals surface area contributed by atoms with E-state index in [1.807, 2.05) is 27.7 Å². The van der Waals surface area contributed by atoms with Crippen molar-refractivity contribution in [1.29, 1.82) is 0 Å². The van der Waals surface area contributed by atoms with Gasteiger partial charge in [0.15, 0.2) is 11.6 Å². The van der Waals surface area contributed by atoms with Crippen molar-refractivity contribution in [1.82, 2.24) is 21.3 Å². The van der Waals surface area contributed by atoms with Gasteiger partial charge in [0, 0.05) is 38.8 Å². The van der Waals surface area contributed by atoms with Gasteiger partial charge in [-0.05, 0) is 91.9 Å². The molecule has 8 N–H and O–H groups in total. The van der Waals surface area contributed by atoms with Gasteiger partial charge in [0.1, 0.15) is 11.2 Å². The van der Waals surface area contributed by atoms with Crippen LogP contribution in [0, 0.1) is 11.8 Å². The van der Waals surface area contributed by atoms with Gasteiger partial charge >= 0.3 is 43.0 Å². The number of carbonyl (C=O) groups excluding carboxylic acids is 7. The fourth-order valence-electron chi connectivity index (χ4n) is 5.11. The number of hydrogen-bond donors (Lipinski definition) is 5. The Kier molecular flexibility index (Phi) is 39.2. The molecule has 0 aromatic carbocycles. The number of amides is 4. The number of Topliss-reactive ketones (excluding diaryl/α,β-unsaturated/α-hetero) is 2. The molecule has 19 heteroatoms. The van der Waals surface area contributed by atoms with Gasteiger partial charge in [-0.3, -0.25) is 28.8 Å². The Bertz CT molecular complexity index is 1270. The Morgan fingerprint density at radius 1 is 0.550 bits per heavy atom. The number of ether oxygens (including phenoxy) is 3. The fourth-order valence-corrected chi connectivity index (χ4v) is 5.11. The maximum Gasteiger partial charge on any atom is 1.00 e. The Hall–Kier alpha value is -3.72. The second kappa shape index (κ2) is 36.0. The van der Waals surface area contributed by atoms with Crippen LogP contribution in [0.3, 0.4) is 0 Å². The quantitative estimate of drug-likeness (QED) is 0.0361. The van der Waals surface area contributed by atoms with Gasteiger partial charge in [0.2, 0.25) is 11.8 Å². The van der Waals surface area contributed by atoms with Crippen LogP contribution in [0.1, 0.15) is 159 Å². The number of esters is 1. The van der Waals surface area contributed by atoms with Crippen molar-refractivity contribution >= 4 is 47.5 Å². The molecule has 2 atom stereocenters. The molecule has 0 aliphatic heterocycles. The molecular weight excluding hydrogens is 779 g/mol. The van der Waals surface area contributed by atoms with Gasteiger partial charge in [-0.25, -0.2) is 9.59 Å². The molecule has 0 saturated carbocycles. The summed E-state index contributed by atoms with van der Waals surface area (Å²) in [6, 6.07) is -1.22. The van der Waals surface area contributed by atoms with E-state index in [2.05, 4.69) is 26.0 Å². The minimum absolute atomic E-state index is 0. The number of carboxylic acid groups (broad SMARTS) is 1. The largest absolute Gasteiger partial charge is 1.00 e. The molecule has 0 spiro atoms. The zero-order chi connectivity index (χ0) is 44.2. The maximum absolute atomic E-state index is 12.3.